The lowest BCUT2D eigenvalue weighted by Gasteiger charge is -2.07. The zero-order chi connectivity index (χ0) is 8.63. The van der Waals surface area contributed by atoms with E-state index in [9.17, 15) is 0 Å². The van der Waals surface area contributed by atoms with Crippen LogP contribution in [-0.2, 0) is 0 Å². The third-order valence-corrected chi connectivity index (χ3v) is 5.96. The molecule has 4 aliphatic carbocycles. The van der Waals surface area contributed by atoms with Crippen LogP contribution in [0.25, 0.3) is 0 Å². The van der Waals surface area contributed by atoms with E-state index in [0.717, 1.165) is 17.3 Å². The standard InChI is InChI=1S/C13H20/c1-8-4-10(8)6-12-11-5-9-2-3-13(11,12)7-9/h8-12H,2-7H2,1H3. The van der Waals surface area contributed by atoms with Crippen LogP contribution in [0.5, 0.6) is 0 Å². The number of fused-ring (bicyclic) bond motifs is 1. The second kappa shape index (κ2) is 1.99. The molecule has 0 aliphatic heterocycles. The van der Waals surface area contributed by atoms with Gasteiger partial charge in [0.05, 0.1) is 0 Å². The van der Waals surface area contributed by atoms with E-state index >= 15 is 0 Å². The summed E-state index contributed by atoms with van der Waals surface area (Å²) < 4.78 is 0. The number of hydrogen-bond donors (Lipinski definition) is 0. The molecule has 2 bridgehead atoms. The average Bonchev–Trinajstić information content (AvgIpc) is 2.83. The summed E-state index contributed by atoms with van der Waals surface area (Å²) >= 11 is 0. The quantitative estimate of drug-likeness (QED) is 0.604. The van der Waals surface area contributed by atoms with Gasteiger partial charge in [0.25, 0.3) is 0 Å². The Balaban J connectivity index is 1.49. The topological polar surface area (TPSA) is 0 Å². The van der Waals surface area contributed by atoms with E-state index in [2.05, 4.69) is 6.92 Å². The lowest BCUT2D eigenvalue weighted by atomic mass is 9.98. The summed E-state index contributed by atoms with van der Waals surface area (Å²) in [5, 5.41) is 0. The van der Waals surface area contributed by atoms with Gasteiger partial charge in [-0.1, -0.05) is 6.92 Å². The normalized spacial score (nSPS) is 66.7. The van der Waals surface area contributed by atoms with Crippen LogP contribution in [0.15, 0.2) is 0 Å². The first-order valence-electron chi connectivity index (χ1n) is 6.29. The number of rotatable bonds is 2. The molecule has 0 aromatic heterocycles. The van der Waals surface area contributed by atoms with Crippen LogP contribution in [0.4, 0.5) is 0 Å². The first-order chi connectivity index (χ1) is 6.29. The van der Waals surface area contributed by atoms with Crippen molar-refractivity contribution in [3.05, 3.63) is 0 Å². The summed E-state index contributed by atoms with van der Waals surface area (Å²) in [7, 11) is 0. The second-order valence-corrected chi connectivity index (χ2v) is 6.50. The molecule has 0 heterocycles. The highest BCUT2D eigenvalue weighted by atomic mass is 14.8. The van der Waals surface area contributed by atoms with Crippen molar-refractivity contribution >= 4 is 0 Å². The van der Waals surface area contributed by atoms with Crippen molar-refractivity contribution in [3.8, 4) is 0 Å². The maximum atomic E-state index is 2.44. The first-order valence-corrected chi connectivity index (χ1v) is 6.29. The van der Waals surface area contributed by atoms with E-state index in [1.54, 1.807) is 38.5 Å². The Kier molecular flexibility index (Phi) is 1.12. The third-order valence-electron chi connectivity index (χ3n) is 5.96. The minimum Gasteiger partial charge on any atom is -0.0622 e. The van der Waals surface area contributed by atoms with Gasteiger partial charge in [0, 0.05) is 0 Å². The van der Waals surface area contributed by atoms with Crippen molar-refractivity contribution in [2.45, 2.75) is 45.4 Å². The van der Waals surface area contributed by atoms with E-state index in [1.165, 1.54) is 17.8 Å². The monoisotopic (exact) mass is 176 g/mol. The second-order valence-electron chi connectivity index (χ2n) is 6.50. The molecule has 0 saturated heterocycles. The van der Waals surface area contributed by atoms with Crippen molar-refractivity contribution in [1.82, 2.24) is 0 Å². The number of hydrogen-bond acceptors (Lipinski definition) is 0. The highest BCUT2D eigenvalue weighted by molar-refractivity contribution is 5.20. The molecule has 6 unspecified atom stereocenters. The maximum Gasteiger partial charge on any atom is -0.0232 e. The van der Waals surface area contributed by atoms with Gasteiger partial charge in [0.1, 0.15) is 0 Å². The smallest absolute Gasteiger partial charge is 0.0232 e. The SMILES string of the molecule is CC1CC1CC1C2CC3CCC21C3. The fraction of sp³-hybridized carbons (Fsp3) is 1.00. The Hall–Kier alpha value is 0. The van der Waals surface area contributed by atoms with E-state index in [1.807, 2.05) is 0 Å². The van der Waals surface area contributed by atoms with Crippen LogP contribution in [-0.4, -0.2) is 0 Å². The maximum absolute atomic E-state index is 2.44. The molecule has 13 heavy (non-hydrogen) atoms. The molecule has 0 heteroatoms. The van der Waals surface area contributed by atoms with Gasteiger partial charge in [-0.15, -0.1) is 0 Å². The fourth-order valence-corrected chi connectivity index (χ4v) is 4.97. The Bertz CT molecular complexity index is 257. The summed E-state index contributed by atoms with van der Waals surface area (Å²) in [5.41, 5.74) is 0.951. The summed E-state index contributed by atoms with van der Waals surface area (Å²) in [5.74, 6) is 5.86. The van der Waals surface area contributed by atoms with Gasteiger partial charge in [0.15, 0.2) is 0 Å². The molecule has 6 atom stereocenters. The Morgan fingerprint density at radius 3 is 2.69 bits per heavy atom. The average molecular weight is 176 g/mol. The molecule has 72 valence electrons. The molecular formula is C13H20. The van der Waals surface area contributed by atoms with Gasteiger partial charge in [-0.2, -0.15) is 0 Å². The van der Waals surface area contributed by atoms with E-state index < -0.39 is 0 Å². The van der Waals surface area contributed by atoms with Gasteiger partial charge in [0.2, 0.25) is 0 Å². The fourth-order valence-electron chi connectivity index (χ4n) is 4.97. The van der Waals surface area contributed by atoms with Crippen molar-refractivity contribution < 1.29 is 0 Å². The van der Waals surface area contributed by atoms with Gasteiger partial charge >= 0.3 is 0 Å². The van der Waals surface area contributed by atoms with E-state index in [0.29, 0.717) is 0 Å². The Morgan fingerprint density at radius 1 is 1.31 bits per heavy atom. The molecule has 4 saturated carbocycles. The van der Waals surface area contributed by atoms with Crippen LogP contribution in [0.3, 0.4) is 0 Å². The van der Waals surface area contributed by atoms with Crippen LogP contribution in [0.1, 0.15) is 45.4 Å². The minimum atomic E-state index is 0.951. The van der Waals surface area contributed by atoms with Crippen molar-refractivity contribution in [3.63, 3.8) is 0 Å². The molecule has 0 nitrogen and oxygen atoms in total. The molecule has 4 fully saturated rings. The van der Waals surface area contributed by atoms with Gasteiger partial charge in [-0.05, 0) is 73.5 Å². The highest BCUT2D eigenvalue weighted by Gasteiger charge is 2.71. The van der Waals surface area contributed by atoms with Crippen LogP contribution >= 0.6 is 0 Å². The van der Waals surface area contributed by atoms with E-state index in [-0.39, 0.29) is 0 Å². The summed E-state index contributed by atoms with van der Waals surface area (Å²) in [6.45, 7) is 2.44. The minimum absolute atomic E-state index is 0.951. The molecule has 4 aliphatic rings. The van der Waals surface area contributed by atoms with Gasteiger partial charge in [-0.25, -0.2) is 0 Å². The van der Waals surface area contributed by atoms with Crippen molar-refractivity contribution in [2.75, 3.05) is 0 Å². The van der Waals surface area contributed by atoms with Crippen LogP contribution in [0, 0.1) is 35.0 Å². The zero-order valence-electron chi connectivity index (χ0n) is 8.63. The van der Waals surface area contributed by atoms with Crippen LogP contribution in [0.2, 0.25) is 0 Å². The molecular weight excluding hydrogens is 156 g/mol. The summed E-state index contributed by atoms with van der Waals surface area (Å²) in [4.78, 5) is 0. The van der Waals surface area contributed by atoms with Gasteiger partial charge < -0.3 is 0 Å². The Morgan fingerprint density at radius 2 is 2.15 bits per heavy atom. The van der Waals surface area contributed by atoms with Crippen molar-refractivity contribution in [2.24, 2.45) is 35.0 Å². The highest BCUT2D eigenvalue weighted by Crippen LogP contribution is 2.79. The Labute approximate surface area is 81.1 Å². The molecule has 0 N–H and O–H groups in total. The molecule has 0 amide bonds. The van der Waals surface area contributed by atoms with Crippen molar-refractivity contribution in [1.29, 1.82) is 0 Å². The molecule has 0 aromatic rings. The molecule has 1 spiro atoms. The lowest BCUT2D eigenvalue weighted by molar-refractivity contribution is 0.429. The predicted molar refractivity (Wildman–Crippen MR) is 53.3 cm³/mol. The molecule has 0 aromatic carbocycles. The van der Waals surface area contributed by atoms with E-state index in [4.69, 9.17) is 0 Å². The predicted octanol–water partition coefficient (Wildman–Crippen LogP) is 3.47. The summed E-state index contributed by atoms with van der Waals surface area (Å²) in [6, 6.07) is 0. The summed E-state index contributed by atoms with van der Waals surface area (Å²) in [6.07, 6.45) is 9.66. The van der Waals surface area contributed by atoms with Gasteiger partial charge in [-0.3, -0.25) is 0 Å². The lowest BCUT2D eigenvalue weighted by Crippen LogP contribution is -1.98. The first kappa shape index (κ1) is 7.31. The molecule has 0 radical (unpaired) electrons. The third kappa shape index (κ3) is 0.789. The van der Waals surface area contributed by atoms with Crippen LogP contribution < -0.4 is 0 Å². The largest absolute Gasteiger partial charge is 0.0622 e. The zero-order valence-corrected chi connectivity index (χ0v) is 8.63. The molecule has 4 rings (SSSR count).